The predicted octanol–water partition coefficient (Wildman–Crippen LogP) is 12.9. The molecule has 2 atom stereocenters. The maximum absolute atomic E-state index is 8.82. The van der Waals surface area contributed by atoms with Gasteiger partial charge in [0.2, 0.25) is 5.90 Å². The molecule has 2 aliphatic carbocycles. The molecule has 6 aromatic carbocycles. The number of fused-ring (bicyclic) bond motifs is 9. The number of benzene rings is 6. The van der Waals surface area contributed by atoms with Crippen molar-refractivity contribution in [2.45, 2.75) is 44.6 Å². The minimum Gasteiger partial charge on any atom is -0.469 e. The summed E-state index contributed by atoms with van der Waals surface area (Å²) in [6.45, 7) is 4.42. The van der Waals surface area contributed by atoms with Gasteiger partial charge in [-0.05, 0) is 112 Å². The topological polar surface area (TPSA) is 36.3 Å². The van der Waals surface area contributed by atoms with Crippen LogP contribution >= 0.6 is 0 Å². The zero-order chi connectivity index (χ0) is 35.2. The van der Waals surface area contributed by atoms with E-state index in [1.807, 2.05) is 6.08 Å². The lowest BCUT2D eigenvalue weighted by Crippen LogP contribution is -2.36. The molecule has 1 N–H and O–H groups in total. The second kappa shape index (κ2) is 13.0. The summed E-state index contributed by atoms with van der Waals surface area (Å²) in [5, 5.41) is 8.82. The average molecular weight is 675 g/mol. The molecule has 0 amide bonds. The van der Waals surface area contributed by atoms with Gasteiger partial charge >= 0.3 is 0 Å². The van der Waals surface area contributed by atoms with E-state index in [-0.39, 0.29) is 17.9 Å². The van der Waals surface area contributed by atoms with Gasteiger partial charge in [-0.15, -0.1) is 0 Å². The Kier molecular flexibility index (Phi) is 8.00. The normalized spacial score (nSPS) is 15.9. The van der Waals surface area contributed by atoms with Crippen molar-refractivity contribution in [3.8, 4) is 22.3 Å². The highest BCUT2D eigenvalue weighted by Gasteiger charge is 2.51. The second-order valence-corrected chi connectivity index (χ2v) is 14.3. The average Bonchev–Trinajstić information content (AvgIpc) is 3.50. The van der Waals surface area contributed by atoms with E-state index in [4.69, 9.17) is 10.1 Å². The Balaban J connectivity index is 1.19. The molecule has 52 heavy (non-hydrogen) atoms. The lowest BCUT2D eigenvalue weighted by molar-refractivity contribution is 0.128. The van der Waals surface area contributed by atoms with E-state index in [0.29, 0.717) is 0 Å². The molecule has 0 bridgehead atoms. The summed E-state index contributed by atoms with van der Waals surface area (Å²) in [5.41, 5.74) is 15.1. The Morgan fingerprint density at radius 2 is 1.33 bits per heavy atom. The van der Waals surface area contributed by atoms with Gasteiger partial charge in [-0.1, -0.05) is 141 Å². The van der Waals surface area contributed by atoms with Gasteiger partial charge in [-0.3, -0.25) is 5.41 Å². The Bertz CT molecular complexity index is 2340. The van der Waals surface area contributed by atoms with Crippen LogP contribution in [0.2, 0.25) is 0 Å². The van der Waals surface area contributed by atoms with E-state index in [1.54, 1.807) is 0 Å². The summed E-state index contributed by atoms with van der Waals surface area (Å²) >= 11 is 0. The monoisotopic (exact) mass is 674 g/mol. The SMILES string of the molecule is CC[C@H](C)C(OC(=N)C1=CCCC=C1)c1cccc(-c2ccc3c(c2)-c2ccccc2C32c3ccccc3N(c3ccccc3)c3ccccc32)c1. The number of nitrogens with one attached hydrogen (secondary N) is 1. The van der Waals surface area contributed by atoms with E-state index in [1.165, 1.54) is 50.3 Å². The fourth-order valence-electron chi connectivity index (χ4n) is 8.74. The van der Waals surface area contributed by atoms with Crippen LogP contribution in [0.5, 0.6) is 0 Å². The van der Waals surface area contributed by atoms with Crippen molar-refractivity contribution in [3.63, 3.8) is 0 Å². The third-order valence-electron chi connectivity index (χ3n) is 11.4. The molecule has 1 spiro atoms. The minimum atomic E-state index is -0.469. The summed E-state index contributed by atoms with van der Waals surface area (Å²) in [6.07, 6.45) is 8.98. The van der Waals surface area contributed by atoms with Gasteiger partial charge < -0.3 is 9.64 Å². The van der Waals surface area contributed by atoms with Crippen molar-refractivity contribution < 1.29 is 4.74 Å². The zero-order valence-corrected chi connectivity index (χ0v) is 29.7. The number of para-hydroxylation sites is 3. The minimum absolute atomic E-state index is 0.213. The number of ether oxygens (including phenoxy) is 1. The van der Waals surface area contributed by atoms with E-state index in [0.717, 1.165) is 41.6 Å². The molecule has 0 fully saturated rings. The summed E-state index contributed by atoms with van der Waals surface area (Å²) in [6, 6.07) is 53.5. The van der Waals surface area contributed by atoms with Gasteiger partial charge in [0.05, 0.1) is 16.8 Å². The van der Waals surface area contributed by atoms with Crippen LogP contribution in [-0.2, 0) is 10.2 Å². The molecule has 6 aromatic rings. The molecule has 0 saturated heterocycles. The smallest absolute Gasteiger partial charge is 0.213 e. The highest BCUT2D eigenvalue weighted by molar-refractivity contribution is 5.97. The molecule has 3 nitrogen and oxygen atoms in total. The van der Waals surface area contributed by atoms with Crippen LogP contribution in [0.4, 0.5) is 17.1 Å². The van der Waals surface area contributed by atoms with Crippen LogP contribution in [0.3, 0.4) is 0 Å². The molecule has 1 heterocycles. The first-order valence-electron chi connectivity index (χ1n) is 18.6. The van der Waals surface area contributed by atoms with Crippen LogP contribution in [-0.4, -0.2) is 5.90 Å². The van der Waals surface area contributed by atoms with Crippen LogP contribution in [0, 0.1) is 11.3 Å². The maximum Gasteiger partial charge on any atom is 0.213 e. The Morgan fingerprint density at radius 1 is 0.673 bits per heavy atom. The molecule has 9 rings (SSSR count). The van der Waals surface area contributed by atoms with Crippen LogP contribution in [0.25, 0.3) is 22.3 Å². The zero-order valence-electron chi connectivity index (χ0n) is 29.7. The highest BCUT2D eigenvalue weighted by Crippen LogP contribution is 2.63. The lowest BCUT2D eigenvalue weighted by atomic mass is 9.64. The number of allylic oxidation sites excluding steroid dienone is 2. The Hall–Kier alpha value is -5.93. The van der Waals surface area contributed by atoms with Crippen LogP contribution < -0.4 is 4.90 Å². The van der Waals surface area contributed by atoms with E-state index >= 15 is 0 Å². The standard InChI is InChI=1S/C49H42N2O/c1-3-33(2)47(52-48(50)34-17-6-4-7-18-34)37-20-16-19-35(31-37)36-29-30-42-40(32-36)39-23-10-11-24-41(39)49(42)43-25-12-14-27-45(43)51(38-21-8-5-9-22-38)46-28-15-13-26-44(46)49/h5-6,8-33,47,50H,3-4,7H2,1-2H3/t33-,47?/m0/s1. The third kappa shape index (κ3) is 4.98. The van der Waals surface area contributed by atoms with Gasteiger partial charge in [0.15, 0.2) is 0 Å². The molecule has 3 aliphatic rings. The number of nitrogens with zero attached hydrogens (tertiary/aromatic N) is 1. The van der Waals surface area contributed by atoms with Gasteiger partial charge in [0, 0.05) is 11.3 Å². The van der Waals surface area contributed by atoms with Crippen LogP contribution in [0.1, 0.15) is 67.0 Å². The molecular weight excluding hydrogens is 633 g/mol. The first-order chi connectivity index (χ1) is 25.6. The molecule has 0 radical (unpaired) electrons. The molecule has 1 unspecified atom stereocenters. The molecule has 0 saturated carbocycles. The van der Waals surface area contributed by atoms with Gasteiger partial charge in [0.25, 0.3) is 0 Å². The van der Waals surface area contributed by atoms with Crippen molar-refractivity contribution >= 4 is 23.0 Å². The van der Waals surface area contributed by atoms with Crippen molar-refractivity contribution in [1.82, 2.24) is 0 Å². The summed E-state index contributed by atoms with van der Waals surface area (Å²) < 4.78 is 6.48. The number of rotatable bonds is 7. The predicted molar refractivity (Wildman–Crippen MR) is 215 cm³/mol. The summed E-state index contributed by atoms with van der Waals surface area (Å²) in [5.74, 6) is 0.502. The fourth-order valence-corrected chi connectivity index (χ4v) is 8.74. The first-order valence-corrected chi connectivity index (χ1v) is 18.6. The largest absolute Gasteiger partial charge is 0.469 e. The number of hydrogen-bond donors (Lipinski definition) is 1. The lowest BCUT2D eigenvalue weighted by Gasteiger charge is -2.45. The maximum atomic E-state index is 8.82. The number of hydrogen-bond acceptors (Lipinski definition) is 3. The summed E-state index contributed by atoms with van der Waals surface area (Å²) in [4.78, 5) is 2.42. The second-order valence-electron chi connectivity index (χ2n) is 14.3. The van der Waals surface area contributed by atoms with E-state index in [2.05, 4.69) is 176 Å². The Labute approximate surface area is 307 Å². The quantitative estimate of drug-likeness (QED) is 0.135. The fraction of sp³-hybridized carbons (Fsp3) is 0.163. The molecule has 1 aliphatic heterocycles. The Morgan fingerprint density at radius 3 is 2.04 bits per heavy atom. The van der Waals surface area contributed by atoms with Gasteiger partial charge in [-0.25, -0.2) is 0 Å². The first kappa shape index (κ1) is 32.0. The van der Waals surface area contributed by atoms with Crippen molar-refractivity contribution in [2.24, 2.45) is 5.92 Å². The van der Waals surface area contributed by atoms with Crippen molar-refractivity contribution in [2.75, 3.05) is 4.90 Å². The highest BCUT2D eigenvalue weighted by atomic mass is 16.5. The molecular formula is C49H42N2O. The third-order valence-corrected chi connectivity index (χ3v) is 11.4. The van der Waals surface area contributed by atoms with Crippen molar-refractivity contribution in [1.29, 1.82) is 5.41 Å². The molecule has 254 valence electrons. The van der Waals surface area contributed by atoms with Crippen molar-refractivity contribution in [3.05, 3.63) is 197 Å². The van der Waals surface area contributed by atoms with Gasteiger partial charge in [0.1, 0.15) is 6.10 Å². The summed E-state index contributed by atoms with van der Waals surface area (Å²) in [7, 11) is 0. The molecule has 0 aromatic heterocycles. The number of anilines is 3. The van der Waals surface area contributed by atoms with E-state index < -0.39 is 5.41 Å². The van der Waals surface area contributed by atoms with E-state index in [9.17, 15) is 0 Å². The van der Waals surface area contributed by atoms with Crippen LogP contribution in [0.15, 0.2) is 169 Å². The molecule has 3 heteroatoms. The van der Waals surface area contributed by atoms with Gasteiger partial charge in [-0.2, -0.15) is 0 Å².